The van der Waals surface area contributed by atoms with Gasteiger partial charge in [0.1, 0.15) is 0 Å². The van der Waals surface area contributed by atoms with Crippen molar-refractivity contribution in [1.29, 1.82) is 0 Å². The molecule has 0 N–H and O–H groups in total. The highest BCUT2D eigenvalue weighted by molar-refractivity contribution is 7.86. The lowest BCUT2D eigenvalue weighted by atomic mass is 10.2. The topological polar surface area (TPSA) is 49.9 Å². The molecule has 3 unspecified atom stereocenters. The van der Waals surface area contributed by atoms with Crippen molar-refractivity contribution in [2.45, 2.75) is 44.9 Å². The third-order valence-corrected chi connectivity index (χ3v) is 7.04. The van der Waals surface area contributed by atoms with Gasteiger partial charge in [0.2, 0.25) is 0 Å². The van der Waals surface area contributed by atoms with Crippen LogP contribution in [0, 0.1) is 0 Å². The summed E-state index contributed by atoms with van der Waals surface area (Å²) in [6, 6.07) is 4.03. The number of morpholine rings is 1. The average molecular weight is 330 g/mol. The zero-order valence-corrected chi connectivity index (χ0v) is 14.1. The molecule has 2 aliphatic heterocycles. The second-order valence-electron chi connectivity index (χ2n) is 5.87. The van der Waals surface area contributed by atoms with Crippen molar-refractivity contribution < 1.29 is 13.2 Å². The molecule has 118 valence electrons. The molecule has 3 rings (SSSR count). The van der Waals surface area contributed by atoms with Crippen molar-refractivity contribution in [3.63, 3.8) is 0 Å². The van der Waals surface area contributed by atoms with Gasteiger partial charge in [-0.25, -0.2) is 0 Å². The molecule has 7 heteroatoms. The maximum atomic E-state index is 13.0. The predicted octanol–water partition coefficient (Wildman–Crippen LogP) is 2.24. The summed E-state index contributed by atoms with van der Waals surface area (Å²) in [6.07, 6.45) is 1.74. The van der Waals surface area contributed by atoms with Crippen LogP contribution >= 0.6 is 11.3 Å². The van der Waals surface area contributed by atoms with E-state index in [1.165, 1.54) is 0 Å². The first kappa shape index (κ1) is 15.4. The zero-order valence-electron chi connectivity index (χ0n) is 12.4. The molecule has 2 fully saturated rings. The summed E-state index contributed by atoms with van der Waals surface area (Å²) in [7, 11) is -3.41. The fourth-order valence-electron chi connectivity index (χ4n) is 3.25. The lowest BCUT2D eigenvalue weighted by Crippen LogP contribution is -2.52. The fourth-order valence-corrected chi connectivity index (χ4v) is 6.18. The highest BCUT2D eigenvalue weighted by Crippen LogP contribution is 2.37. The van der Waals surface area contributed by atoms with Crippen LogP contribution in [0.5, 0.6) is 0 Å². The Labute approximate surface area is 130 Å². The van der Waals surface area contributed by atoms with Crippen LogP contribution in [-0.2, 0) is 14.9 Å². The lowest BCUT2D eigenvalue weighted by Gasteiger charge is -2.37. The monoisotopic (exact) mass is 330 g/mol. The van der Waals surface area contributed by atoms with E-state index in [1.54, 1.807) is 19.9 Å². The second-order valence-corrected chi connectivity index (χ2v) is 8.73. The highest BCUT2D eigenvalue weighted by Gasteiger charge is 2.41. The molecule has 0 spiro atoms. The van der Waals surface area contributed by atoms with Crippen molar-refractivity contribution in [2.24, 2.45) is 0 Å². The van der Waals surface area contributed by atoms with E-state index < -0.39 is 10.2 Å². The number of ether oxygens (including phenoxy) is 1. The van der Waals surface area contributed by atoms with Gasteiger partial charge in [0.15, 0.2) is 0 Å². The Hall–Kier alpha value is -0.470. The normalized spacial score (nSPS) is 32.6. The van der Waals surface area contributed by atoms with Crippen molar-refractivity contribution in [2.75, 3.05) is 19.6 Å². The summed E-state index contributed by atoms with van der Waals surface area (Å²) >= 11 is 1.64. The van der Waals surface area contributed by atoms with Crippen molar-refractivity contribution in [3.05, 3.63) is 22.4 Å². The van der Waals surface area contributed by atoms with Crippen LogP contribution in [0.4, 0.5) is 0 Å². The highest BCUT2D eigenvalue weighted by atomic mass is 32.2. The summed E-state index contributed by atoms with van der Waals surface area (Å²) in [4.78, 5) is 1.14. The molecule has 21 heavy (non-hydrogen) atoms. The molecule has 0 aliphatic carbocycles. The number of hydrogen-bond donors (Lipinski definition) is 0. The SMILES string of the molecule is CC1CN(S(=O)(=O)N2CCCC2c2cccs2)CC(C)O1. The molecule has 0 aromatic carbocycles. The second kappa shape index (κ2) is 5.96. The molecule has 0 radical (unpaired) electrons. The molecule has 1 aromatic rings. The largest absolute Gasteiger partial charge is 0.373 e. The zero-order chi connectivity index (χ0) is 15.0. The maximum Gasteiger partial charge on any atom is 0.282 e. The van der Waals surface area contributed by atoms with E-state index in [9.17, 15) is 8.42 Å². The van der Waals surface area contributed by atoms with Gasteiger partial charge in [-0.05, 0) is 38.1 Å². The van der Waals surface area contributed by atoms with Gasteiger partial charge in [-0.15, -0.1) is 11.3 Å². The quantitative estimate of drug-likeness (QED) is 0.854. The van der Waals surface area contributed by atoms with Crippen LogP contribution in [0.25, 0.3) is 0 Å². The summed E-state index contributed by atoms with van der Waals surface area (Å²) in [6.45, 7) is 5.36. The summed E-state index contributed by atoms with van der Waals surface area (Å²) in [5.74, 6) is 0. The summed E-state index contributed by atoms with van der Waals surface area (Å²) < 4.78 is 34.9. The van der Waals surface area contributed by atoms with E-state index in [4.69, 9.17) is 4.74 Å². The van der Waals surface area contributed by atoms with Crippen LogP contribution in [-0.4, -0.2) is 48.9 Å². The number of rotatable bonds is 3. The van der Waals surface area contributed by atoms with Gasteiger partial charge in [-0.1, -0.05) is 6.07 Å². The van der Waals surface area contributed by atoms with Gasteiger partial charge in [-0.2, -0.15) is 17.0 Å². The van der Waals surface area contributed by atoms with E-state index in [2.05, 4.69) is 0 Å². The molecule has 3 heterocycles. The first-order valence-corrected chi connectivity index (χ1v) is 9.72. The molecule has 2 saturated heterocycles. The Balaban J connectivity index is 1.83. The number of thiophene rings is 1. The van der Waals surface area contributed by atoms with E-state index in [0.29, 0.717) is 19.6 Å². The van der Waals surface area contributed by atoms with E-state index in [0.717, 1.165) is 17.7 Å². The molecular formula is C14H22N2O3S2. The van der Waals surface area contributed by atoms with E-state index in [1.807, 2.05) is 31.4 Å². The first-order valence-electron chi connectivity index (χ1n) is 7.44. The van der Waals surface area contributed by atoms with E-state index in [-0.39, 0.29) is 18.2 Å². The van der Waals surface area contributed by atoms with Crippen molar-refractivity contribution in [1.82, 2.24) is 8.61 Å². The maximum absolute atomic E-state index is 13.0. The first-order chi connectivity index (χ1) is 9.98. The van der Waals surface area contributed by atoms with Gasteiger partial charge < -0.3 is 4.74 Å². The summed E-state index contributed by atoms with van der Waals surface area (Å²) in [5, 5.41) is 2.01. The Morgan fingerprint density at radius 1 is 1.29 bits per heavy atom. The summed E-state index contributed by atoms with van der Waals surface area (Å²) in [5.41, 5.74) is 0. The smallest absolute Gasteiger partial charge is 0.282 e. The van der Waals surface area contributed by atoms with Crippen molar-refractivity contribution in [3.8, 4) is 0 Å². The molecule has 1 aromatic heterocycles. The standard InChI is InChI=1S/C14H22N2O3S2/c1-11-9-15(10-12(2)19-11)21(17,18)16-7-3-5-13(16)14-6-4-8-20-14/h4,6,8,11-13H,3,5,7,9-10H2,1-2H3. The molecular weight excluding hydrogens is 308 g/mol. The van der Waals surface area contributed by atoms with Gasteiger partial charge in [0.25, 0.3) is 10.2 Å². The van der Waals surface area contributed by atoms with E-state index >= 15 is 0 Å². The van der Waals surface area contributed by atoms with Gasteiger partial charge in [-0.3, -0.25) is 0 Å². The average Bonchev–Trinajstić information content (AvgIpc) is 3.08. The van der Waals surface area contributed by atoms with Gasteiger partial charge >= 0.3 is 0 Å². The van der Waals surface area contributed by atoms with Crippen LogP contribution in [0.3, 0.4) is 0 Å². The van der Waals surface area contributed by atoms with Gasteiger partial charge in [0, 0.05) is 24.5 Å². The Morgan fingerprint density at radius 3 is 2.62 bits per heavy atom. The van der Waals surface area contributed by atoms with Gasteiger partial charge in [0.05, 0.1) is 18.2 Å². The van der Waals surface area contributed by atoms with Crippen LogP contribution < -0.4 is 0 Å². The predicted molar refractivity (Wildman–Crippen MR) is 83.5 cm³/mol. The molecule has 0 saturated carbocycles. The minimum absolute atomic E-state index is 0.00320. The Kier molecular flexibility index (Phi) is 4.38. The molecule has 5 nitrogen and oxygen atoms in total. The molecule has 3 atom stereocenters. The molecule has 0 bridgehead atoms. The number of hydrogen-bond acceptors (Lipinski definition) is 4. The molecule has 0 amide bonds. The third kappa shape index (κ3) is 3.03. The van der Waals surface area contributed by atoms with Crippen LogP contribution in [0.2, 0.25) is 0 Å². The Morgan fingerprint density at radius 2 is 2.00 bits per heavy atom. The number of nitrogens with zero attached hydrogens (tertiary/aromatic N) is 2. The third-order valence-electron chi connectivity index (χ3n) is 4.08. The molecule has 2 aliphatic rings. The minimum Gasteiger partial charge on any atom is -0.373 e. The Bertz CT molecular complexity index is 563. The van der Waals surface area contributed by atoms with Crippen LogP contribution in [0.15, 0.2) is 17.5 Å². The lowest BCUT2D eigenvalue weighted by molar-refractivity contribution is -0.0455. The van der Waals surface area contributed by atoms with Crippen molar-refractivity contribution >= 4 is 21.5 Å². The fraction of sp³-hybridized carbons (Fsp3) is 0.714. The van der Waals surface area contributed by atoms with Crippen LogP contribution in [0.1, 0.15) is 37.6 Å². The minimum atomic E-state index is -3.41.